The Labute approximate surface area is 70.0 Å². The Morgan fingerprint density at radius 2 is 2.00 bits per heavy atom. The molecule has 0 amide bonds. The summed E-state index contributed by atoms with van der Waals surface area (Å²) in [5.41, 5.74) is 0. The molecule has 0 aliphatic carbocycles. The summed E-state index contributed by atoms with van der Waals surface area (Å²) < 4.78 is 0. The largest absolute Gasteiger partial charge is 0.785 e. The van der Waals surface area contributed by atoms with Crippen LogP contribution in [0, 0.1) is 10.4 Å². The van der Waals surface area contributed by atoms with Gasteiger partial charge in [-0.1, -0.05) is 0 Å². The van der Waals surface area contributed by atoms with Crippen LogP contribution in [0.5, 0.6) is 0 Å². The van der Waals surface area contributed by atoms with E-state index in [-0.39, 0.29) is 26.2 Å². The standard InChI is InChI=1S/C6H11N2O4/c1-6(9)12-8(11)4-2-7(10)3-5-8/h2-5H2,1H3/q-1. The van der Waals surface area contributed by atoms with Crippen molar-refractivity contribution < 1.29 is 14.4 Å². The summed E-state index contributed by atoms with van der Waals surface area (Å²) >= 11 is 0. The average Bonchev–Trinajstić information content (AvgIpc) is 1.94. The van der Waals surface area contributed by atoms with Gasteiger partial charge in [-0.2, -0.15) is 4.81 Å². The summed E-state index contributed by atoms with van der Waals surface area (Å²) in [6, 6.07) is 0. The van der Waals surface area contributed by atoms with Crippen LogP contribution in [0.2, 0.25) is 0 Å². The predicted molar refractivity (Wildman–Crippen MR) is 40.1 cm³/mol. The van der Waals surface area contributed by atoms with Gasteiger partial charge in [0.15, 0.2) is 0 Å². The quantitative estimate of drug-likeness (QED) is 0.400. The monoisotopic (exact) mass is 175 g/mol. The molecule has 0 spiro atoms. The molecule has 0 radical (unpaired) electrons. The first-order chi connectivity index (χ1) is 5.52. The van der Waals surface area contributed by atoms with Crippen LogP contribution in [0.3, 0.4) is 0 Å². The maximum atomic E-state index is 11.4. The fraction of sp³-hybridized carbons (Fsp3) is 0.833. The van der Waals surface area contributed by atoms with E-state index in [0.29, 0.717) is 0 Å². The van der Waals surface area contributed by atoms with Crippen molar-refractivity contribution in [3.8, 4) is 0 Å². The van der Waals surface area contributed by atoms with Gasteiger partial charge < -0.3 is 15.5 Å². The predicted octanol–water partition coefficient (Wildman–Crippen LogP) is -0.407. The fourth-order valence-electron chi connectivity index (χ4n) is 1.08. The summed E-state index contributed by atoms with van der Waals surface area (Å²) in [5, 5.41) is 22.9. The number of hydroxylamine groups is 6. The van der Waals surface area contributed by atoms with Crippen molar-refractivity contribution in [2.45, 2.75) is 6.92 Å². The number of carbonyl (C=O) groups excluding carboxylic acids is 1. The minimum absolute atomic E-state index is 0.0169. The van der Waals surface area contributed by atoms with Gasteiger partial charge in [0, 0.05) is 20.0 Å². The summed E-state index contributed by atoms with van der Waals surface area (Å²) in [4.78, 5) is 14.0. The molecular weight excluding hydrogens is 164 g/mol. The Morgan fingerprint density at radius 1 is 1.50 bits per heavy atom. The van der Waals surface area contributed by atoms with Crippen molar-refractivity contribution >= 4 is 5.97 Å². The molecule has 0 aromatic heterocycles. The van der Waals surface area contributed by atoms with E-state index in [4.69, 9.17) is 0 Å². The summed E-state index contributed by atoms with van der Waals surface area (Å²) in [5.74, 6) is -0.607. The molecule has 1 aliphatic heterocycles. The van der Waals surface area contributed by atoms with Crippen LogP contribution in [0.4, 0.5) is 0 Å². The lowest BCUT2D eigenvalue weighted by Gasteiger charge is -2.45. The third-order valence-electron chi connectivity index (χ3n) is 1.68. The molecule has 1 rings (SSSR count). The second-order valence-electron chi connectivity index (χ2n) is 2.77. The molecule has 0 atom stereocenters. The highest BCUT2D eigenvalue weighted by atomic mass is 16.9. The molecule has 0 saturated carbocycles. The molecule has 6 heteroatoms. The highest BCUT2D eigenvalue weighted by Gasteiger charge is 2.25. The Hall–Kier alpha value is -0.690. The first kappa shape index (κ1) is 9.40. The van der Waals surface area contributed by atoms with Gasteiger partial charge in [-0.05, 0) is 0 Å². The maximum Gasteiger partial charge on any atom is 0.364 e. The van der Waals surface area contributed by atoms with E-state index in [0.717, 1.165) is 5.06 Å². The van der Waals surface area contributed by atoms with Crippen molar-refractivity contribution in [3.63, 3.8) is 0 Å². The number of carbonyl (C=O) groups is 1. The minimum Gasteiger partial charge on any atom is -0.785 e. The molecule has 1 fully saturated rings. The SMILES string of the molecule is CC(=O)O[N+]1([O-])CCN([O-])CC1. The van der Waals surface area contributed by atoms with Crippen molar-refractivity contribution in [1.29, 1.82) is 0 Å². The van der Waals surface area contributed by atoms with Crippen LogP contribution in [-0.2, 0) is 9.63 Å². The second-order valence-corrected chi connectivity index (χ2v) is 2.77. The van der Waals surface area contributed by atoms with Crippen LogP contribution in [0.15, 0.2) is 0 Å². The number of piperazine rings is 1. The summed E-state index contributed by atoms with van der Waals surface area (Å²) in [6.45, 7) is 1.46. The van der Waals surface area contributed by atoms with E-state index >= 15 is 0 Å². The van der Waals surface area contributed by atoms with E-state index in [1.807, 2.05) is 0 Å². The van der Waals surface area contributed by atoms with Crippen molar-refractivity contribution in [1.82, 2.24) is 5.06 Å². The van der Waals surface area contributed by atoms with Crippen LogP contribution < -0.4 is 0 Å². The third-order valence-corrected chi connectivity index (χ3v) is 1.68. The number of nitrogens with zero attached hydrogens (tertiary/aromatic N) is 2. The Bertz CT molecular complexity index is 176. The third kappa shape index (κ3) is 2.42. The first-order valence-electron chi connectivity index (χ1n) is 3.72. The Morgan fingerprint density at radius 3 is 2.42 bits per heavy atom. The van der Waals surface area contributed by atoms with Gasteiger partial charge in [0.05, 0.1) is 0 Å². The van der Waals surface area contributed by atoms with E-state index in [9.17, 15) is 15.2 Å². The molecule has 1 saturated heterocycles. The fourth-order valence-corrected chi connectivity index (χ4v) is 1.08. The van der Waals surface area contributed by atoms with Crippen LogP contribution in [0.1, 0.15) is 6.92 Å². The average molecular weight is 175 g/mol. The number of quaternary nitrogens is 1. The van der Waals surface area contributed by atoms with E-state index in [1.165, 1.54) is 6.92 Å². The molecule has 0 bridgehead atoms. The highest BCUT2D eigenvalue weighted by molar-refractivity contribution is 5.65. The molecule has 0 aromatic carbocycles. The van der Waals surface area contributed by atoms with E-state index in [2.05, 4.69) is 4.84 Å². The van der Waals surface area contributed by atoms with Crippen LogP contribution in [-0.4, -0.2) is 42.0 Å². The zero-order chi connectivity index (χ0) is 9.19. The number of hydrogen-bond acceptors (Lipinski definition) is 5. The summed E-state index contributed by atoms with van der Waals surface area (Å²) in [6.07, 6.45) is 0. The molecule has 70 valence electrons. The van der Waals surface area contributed by atoms with Crippen molar-refractivity contribution in [2.75, 3.05) is 26.2 Å². The molecule has 0 N–H and O–H groups in total. The van der Waals surface area contributed by atoms with Gasteiger partial charge >= 0.3 is 5.97 Å². The van der Waals surface area contributed by atoms with Crippen LogP contribution >= 0.6 is 0 Å². The zero-order valence-electron chi connectivity index (χ0n) is 6.86. The number of rotatable bonds is 1. The lowest BCUT2D eigenvalue weighted by atomic mass is 10.4. The van der Waals surface area contributed by atoms with Gasteiger partial charge in [-0.15, -0.1) is 0 Å². The van der Waals surface area contributed by atoms with Crippen LogP contribution in [0.25, 0.3) is 0 Å². The zero-order valence-corrected chi connectivity index (χ0v) is 6.86. The second kappa shape index (κ2) is 3.36. The Kier molecular flexibility index (Phi) is 2.63. The van der Waals surface area contributed by atoms with Crippen molar-refractivity contribution in [2.24, 2.45) is 0 Å². The maximum absolute atomic E-state index is 11.4. The molecule has 1 aliphatic rings. The molecular formula is C6H11N2O4-. The van der Waals surface area contributed by atoms with Gasteiger partial charge in [0.1, 0.15) is 13.1 Å². The van der Waals surface area contributed by atoms with Crippen molar-refractivity contribution in [3.05, 3.63) is 10.4 Å². The Balaban J connectivity index is 2.44. The van der Waals surface area contributed by atoms with E-state index in [1.54, 1.807) is 0 Å². The first-order valence-corrected chi connectivity index (χ1v) is 3.72. The van der Waals surface area contributed by atoms with Gasteiger partial charge in [0.2, 0.25) is 0 Å². The smallest absolute Gasteiger partial charge is 0.364 e. The molecule has 0 unspecified atom stereocenters. The van der Waals surface area contributed by atoms with E-state index < -0.39 is 10.8 Å². The number of hydrogen-bond donors (Lipinski definition) is 0. The lowest BCUT2D eigenvalue weighted by Crippen LogP contribution is -2.55. The van der Waals surface area contributed by atoms with Gasteiger partial charge in [0.25, 0.3) is 0 Å². The minimum atomic E-state index is -1.02. The van der Waals surface area contributed by atoms with Gasteiger partial charge in [-0.3, -0.25) is 4.84 Å². The van der Waals surface area contributed by atoms with Gasteiger partial charge in [-0.25, -0.2) is 4.79 Å². The molecule has 0 aromatic rings. The molecule has 6 nitrogen and oxygen atoms in total. The topological polar surface area (TPSA) is 75.7 Å². The summed E-state index contributed by atoms with van der Waals surface area (Å²) in [7, 11) is 0. The normalized spacial score (nSPS) is 23.6. The molecule has 12 heavy (non-hydrogen) atoms. The molecule has 1 heterocycles. The lowest BCUT2D eigenvalue weighted by molar-refractivity contribution is -1.05. The highest BCUT2D eigenvalue weighted by Crippen LogP contribution is 2.11.